The fraction of sp³-hybridized carbons (Fsp3) is 0.800. The molecule has 0 aliphatic heterocycles. The van der Waals surface area contributed by atoms with Crippen molar-refractivity contribution in [2.75, 3.05) is 5.75 Å². The summed E-state index contributed by atoms with van der Waals surface area (Å²) in [4.78, 5) is 23.5. The highest BCUT2D eigenvalue weighted by Crippen LogP contribution is 2.61. The van der Waals surface area contributed by atoms with Gasteiger partial charge < -0.3 is 15.6 Å². The van der Waals surface area contributed by atoms with Crippen LogP contribution in [0.1, 0.15) is 57.7 Å². The maximum absolute atomic E-state index is 12.6. The van der Waals surface area contributed by atoms with Crippen LogP contribution < -0.4 is 11.1 Å². The Morgan fingerprint density at radius 3 is 2.39 bits per heavy atom. The number of thioether (sulfide) groups is 1. The normalized spacial score (nSPS) is 31.7. The van der Waals surface area contributed by atoms with Gasteiger partial charge in [-0.2, -0.15) is 0 Å². The number of aryl methyl sites for hydroxylation is 1. The first-order chi connectivity index (χ1) is 13.3. The molecule has 8 heteroatoms. The summed E-state index contributed by atoms with van der Waals surface area (Å²) in [6.07, 6.45) is 8.84. The zero-order valence-electron chi connectivity index (χ0n) is 16.8. The van der Waals surface area contributed by atoms with Crippen molar-refractivity contribution < 1.29 is 9.59 Å². The highest BCUT2D eigenvalue weighted by atomic mass is 32.2. The minimum absolute atomic E-state index is 0.0648. The Kier molecular flexibility index (Phi) is 5.42. The van der Waals surface area contributed by atoms with Crippen molar-refractivity contribution in [3.05, 3.63) is 5.82 Å². The molecule has 0 unspecified atom stereocenters. The summed E-state index contributed by atoms with van der Waals surface area (Å²) in [5.74, 6) is 3.42. The van der Waals surface area contributed by atoms with E-state index in [1.807, 2.05) is 11.6 Å². The van der Waals surface area contributed by atoms with Gasteiger partial charge in [0.05, 0.1) is 5.75 Å². The number of nitrogens with one attached hydrogen (secondary N) is 1. The number of rotatable bonds is 8. The summed E-state index contributed by atoms with van der Waals surface area (Å²) in [7, 11) is 1.86. The lowest BCUT2D eigenvalue weighted by Gasteiger charge is -2.59. The Bertz CT molecular complexity index is 726. The average Bonchev–Trinajstić information content (AvgIpc) is 2.97. The van der Waals surface area contributed by atoms with Gasteiger partial charge in [0.1, 0.15) is 5.82 Å². The molecular weight excluding hydrogens is 374 g/mol. The van der Waals surface area contributed by atoms with Crippen LogP contribution in [0.25, 0.3) is 0 Å². The fourth-order valence-electron chi connectivity index (χ4n) is 6.20. The summed E-state index contributed by atoms with van der Waals surface area (Å²) in [5, 5.41) is 12.2. The van der Waals surface area contributed by atoms with Gasteiger partial charge in [-0.3, -0.25) is 9.59 Å². The summed E-state index contributed by atoms with van der Waals surface area (Å²) in [6.45, 7) is 2.21. The van der Waals surface area contributed by atoms with Crippen LogP contribution in [-0.2, 0) is 23.1 Å². The van der Waals surface area contributed by atoms with Crippen LogP contribution in [0.2, 0.25) is 0 Å². The summed E-state index contributed by atoms with van der Waals surface area (Å²) >= 11 is 1.39. The van der Waals surface area contributed by atoms with Gasteiger partial charge in [-0.1, -0.05) is 11.8 Å². The molecule has 0 spiro atoms. The number of amides is 2. The molecule has 1 aromatic rings. The molecule has 0 aromatic carbocycles. The standard InChI is InChI=1S/C20H31N5O2S/c1-12(20-8-13-5-14(9-20)7-15(6-13)10-20)22-18(27)11-28-19-24-23-17(25(19)2)4-3-16(21)26/h12-15H,3-11H2,1-2H3,(H2,21,26)(H,22,27)/t12-,13?,14?,15?,20?/m1/s1. The van der Waals surface area contributed by atoms with Gasteiger partial charge in [-0.15, -0.1) is 10.2 Å². The molecule has 4 bridgehead atoms. The lowest BCUT2D eigenvalue weighted by Crippen LogP contribution is -2.56. The van der Waals surface area contributed by atoms with E-state index in [1.165, 1.54) is 50.3 Å². The highest BCUT2D eigenvalue weighted by molar-refractivity contribution is 7.99. The Morgan fingerprint density at radius 1 is 1.21 bits per heavy atom. The van der Waals surface area contributed by atoms with E-state index in [2.05, 4.69) is 22.4 Å². The maximum Gasteiger partial charge on any atom is 0.230 e. The van der Waals surface area contributed by atoms with Gasteiger partial charge in [-0.05, 0) is 68.6 Å². The van der Waals surface area contributed by atoms with E-state index in [1.54, 1.807) is 0 Å². The minimum Gasteiger partial charge on any atom is -0.370 e. The fourth-order valence-corrected chi connectivity index (χ4v) is 6.94. The van der Waals surface area contributed by atoms with Gasteiger partial charge in [0.25, 0.3) is 0 Å². The first-order valence-electron chi connectivity index (χ1n) is 10.4. The van der Waals surface area contributed by atoms with Crippen LogP contribution in [0, 0.1) is 23.2 Å². The number of hydrogen-bond donors (Lipinski definition) is 2. The van der Waals surface area contributed by atoms with Crippen molar-refractivity contribution in [1.82, 2.24) is 20.1 Å². The van der Waals surface area contributed by atoms with Crippen molar-refractivity contribution in [2.45, 2.75) is 69.5 Å². The van der Waals surface area contributed by atoms with E-state index < -0.39 is 0 Å². The van der Waals surface area contributed by atoms with Crippen molar-refractivity contribution in [2.24, 2.45) is 36.0 Å². The second kappa shape index (κ2) is 7.69. The minimum atomic E-state index is -0.352. The Balaban J connectivity index is 1.30. The first kappa shape index (κ1) is 19.7. The molecule has 1 heterocycles. The monoisotopic (exact) mass is 405 g/mol. The second-order valence-corrected chi connectivity index (χ2v) is 10.2. The maximum atomic E-state index is 12.6. The summed E-state index contributed by atoms with van der Waals surface area (Å²) < 4.78 is 1.84. The highest BCUT2D eigenvalue weighted by Gasteiger charge is 2.53. The quantitative estimate of drug-likeness (QED) is 0.644. The molecule has 4 aliphatic rings. The summed E-state index contributed by atoms with van der Waals surface area (Å²) in [6, 6.07) is 0.236. The van der Waals surface area contributed by atoms with Crippen LogP contribution in [0.4, 0.5) is 0 Å². The molecule has 0 saturated heterocycles. The Hall–Kier alpha value is -1.57. The Labute approximate surface area is 170 Å². The van der Waals surface area contributed by atoms with Crippen LogP contribution in [0.15, 0.2) is 5.16 Å². The van der Waals surface area contributed by atoms with Crippen LogP contribution >= 0.6 is 11.8 Å². The largest absolute Gasteiger partial charge is 0.370 e. The number of hydrogen-bond acceptors (Lipinski definition) is 5. The van der Waals surface area contributed by atoms with Gasteiger partial charge in [0.15, 0.2) is 5.16 Å². The molecule has 4 aliphatic carbocycles. The smallest absolute Gasteiger partial charge is 0.230 e. The zero-order chi connectivity index (χ0) is 19.9. The molecule has 5 rings (SSSR count). The molecule has 0 radical (unpaired) electrons. The molecule has 28 heavy (non-hydrogen) atoms. The Morgan fingerprint density at radius 2 is 1.82 bits per heavy atom. The molecule has 4 saturated carbocycles. The van der Waals surface area contributed by atoms with Crippen molar-refractivity contribution in [3.8, 4) is 0 Å². The first-order valence-corrected chi connectivity index (χ1v) is 11.4. The number of primary amides is 1. The van der Waals surface area contributed by atoms with E-state index in [4.69, 9.17) is 5.73 Å². The third-order valence-corrected chi connectivity index (χ3v) is 8.25. The summed E-state index contributed by atoms with van der Waals surface area (Å²) in [5.41, 5.74) is 5.52. The number of nitrogens with zero attached hydrogens (tertiary/aromatic N) is 3. The number of carbonyl (C=O) groups excluding carboxylic acids is 2. The van der Waals surface area contributed by atoms with E-state index >= 15 is 0 Å². The number of aromatic nitrogens is 3. The molecule has 2 amide bonds. The molecular formula is C20H31N5O2S. The third kappa shape index (κ3) is 3.93. The molecule has 1 aromatic heterocycles. The lowest BCUT2D eigenvalue weighted by atomic mass is 9.48. The van der Waals surface area contributed by atoms with Crippen LogP contribution in [-0.4, -0.2) is 38.4 Å². The number of nitrogens with two attached hydrogens (primary N) is 1. The van der Waals surface area contributed by atoms with E-state index in [-0.39, 0.29) is 24.3 Å². The van der Waals surface area contributed by atoms with Crippen LogP contribution in [0.3, 0.4) is 0 Å². The predicted molar refractivity (Wildman–Crippen MR) is 107 cm³/mol. The number of carbonyl (C=O) groups is 2. The topological polar surface area (TPSA) is 103 Å². The van der Waals surface area contributed by atoms with E-state index in [0.717, 1.165) is 17.8 Å². The molecule has 4 fully saturated rings. The SMILES string of the molecule is C[C@@H](NC(=O)CSc1nnc(CCC(N)=O)n1C)C12CC3CC(CC(C3)C1)C2. The van der Waals surface area contributed by atoms with Crippen LogP contribution in [0.5, 0.6) is 0 Å². The molecule has 154 valence electrons. The van der Waals surface area contributed by atoms with Gasteiger partial charge in [-0.25, -0.2) is 0 Å². The van der Waals surface area contributed by atoms with E-state index in [0.29, 0.717) is 28.6 Å². The van der Waals surface area contributed by atoms with Gasteiger partial charge >= 0.3 is 0 Å². The lowest BCUT2D eigenvalue weighted by molar-refractivity contribution is -0.123. The van der Waals surface area contributed by atoms with Crippen molar-refractivity contribution in [1.29, 1.82) is 0 Å². The molecule has 7 nitrogen and oxygen atoms in total. The second-order valence-electron chi connectivity index (χ2n) is 9.28. The van der Waals surface area contributed by atoms with Gasteiger partial charge in [0.2, 0.25) is 11.8 Å². The zero-order valence-corrected chi connectivity index (χ0v) is 17.6. The molecule has 1 atom stereocenters. The van der Waals surface area contributed by atoms with Gasteiger partial charge in [0, 0.05) is 25.9 Å². The molecule has 3 N–H and O–H groups in total. The average molecular weight is 406 g/mol. The van der Waals surface area contributed by atoms with E-state index in [9.17, 15) is 9.59 Å². The van der Waals surface area contributed by atoms with Crippen molar-refractivity contribution in [3.63, 3.8) is 0 Å². The third-order valence-electron chi connectivity index (χ3n) is 7.23. The van der Waals surface area contributed by atoms with Crippen molar-refractivity contribution >= 4 is 23.6 Å². The predicted octanol–water partition coefficient (Wildman–Crippen LogP) is 2.05.